The minimum Gasteiger partial charge on any atom is -0.493 e. The van der Waals surface area contributed by atoms with Gasteiger partial charge >= 0.3 is 0 Å². The van der Waals surface area contributed by atoms with Crippen LogP contribution in [-0.2, 0) is 16.4 Å². The Labute approximate surface area is 155 Å². The first kappa shape index (κ1) is 19.1. The summed E-state index contributed by atoms with van der Waals surface area (Å²) in [7, 11) is -0.742. The van der Waals surface area contributed by atoms with Crippen molar-refractivity contribution in [1.29, 1.82) is 0 Å². The van der Waals surface area contributed by atoms with E-state index in [4.69, 9.17) is 21.1 Å². The van der Waals surface area contributed by atoms with Crippen molar-refractivity contribution in [3.8, 4) is 11.5 Å². The van der Waals surface area contributed by atoms with Crippen LogP contribution in [0, 0.1) is 0 Å². The van der Waals surface area contributed by atoms with E-state index in [9.17, 15) is 8.42 Å². The van der Waals surface area contributed by atoms with Crippen LogP contribution in [0.15, 0.2) is 45.8 Å². The molecule has 0 bridgehead atoms. The normalized spacial score (nSPS) is 11.3. The molecule has 0 amide bonds. The van der Waals surface area contributed by atoms with Gasteiger partial charge in [-0.2, -0.15) is 0 Å². The van der Waals surface area contributed by atoms with Gasteiger partial charge in [0.1, 0.15) is 4.90 Å². The van der Waals surface area contributed by atoms with E-state index in [1.54, 1.807) is 18.2 Å². The van der Waals surface area contributed by atoms with Gasteiger partial charge in [-0.3, -0.25) is 0 Å². The molecule has 0 heterocycles. The van der Waals surface area contributed by atoms with Gasteiger partial charge in [0.15, 0.2) is 11.5 Å². The van der Waals surface area contributed by atoms with Gasteiger partial charge in [-0.25, -0.2) is 13.1 Å². The van der Waals surface area contributed by atoms with Gasteiger partial charge in [-0.1, -0.05) is 23.7 Å². The molecule has 0 spiro atoms. The standard InChI is InChI=1S/C16H17BrClNO4S/c1-22-14-9-13(17)16(10-15(14)23-2)24(20,21)19-8-7-11-3-5-12(18)6-4-11/h3-6,9-10,19H,7-8H2,1-2H3. The van der Waals surface area contributed by atoms with Gasteiger partial charge in [0.2, 0.25) is 10.0 Å². The molecular weight excluding hydrogens is 418 g/mol. The highest BCUT2D eigenvalue weighted by molar-refractivity contribution is 9.10. The van der Waals surface area contributed by atoms with Gasteiger partial charge in [-0.05, 0) is 46.1 Å². The lowest BCUT2D eigenvalue weighted by molar-refractivity contribution is 0.353. The minimum atomic E-state index is -3.69. The molecule has 0 aliphatic heterocycles. The van der Waals surface area contributed by atoms with Crippen molar-refractivity contribution in [3.05, 3.63) is 51.5 Å². The van der Waals surface area contributed by atoms with Crippen molar-refractivity contribution in [2.24, 2.45) is 0 Å². The predicted octanol–water partition coefficient (Wildman–Crippen LogP) is 3.64. The molecule has 0 atom stereocenters. The Morgan fingerprint density at radius 1 is 1.08 bits per heavy atom. The highest BCUT2D eigenvalue weighted by Gasteiger charge is 2.20. The number of nitrogens with one attached hydrogen (secondary N) is 1. The van der Waals surface area contributed by atoms with Crippen LogP contribution in [0.25, 0.3) is 0 Å². The van der Waals surface area contributed by atoms with Crippen molar-refractivity contribution < 1.29 is 17.9 Å². The first-order valence-corrected chi connectivity index (χ1v) is 9.68. The molecule has 0 aliphatic carbocycles. The second-order valence-corrected chi connectivity index (χ2v) is 7.94. The molecule has 0 aliphatic rings. The summed E-state index contributed by atoms with van der Waals surface area (Å²) in [5.74, 6) is 0.795. The Balaban J connectivity index is 2.13. The van der Waals surface area contributed by atoms with Crippen LogP contribution in [0.5, 0.6) is 11.5 Å². The number of methoxy groups -OCH3 is 2. The second-order valence-electron chi connectivity index (χ2n) is 4.91. The lowest BCUT2D eigenvalue weighted by Gasteiger charge is -2.13. The van der Waals surface area contributed by atoms with Gasteiger partial charge in [0.25, 0.3) is 0 Å². The van der Waals surface area contributed by atoms with Crippen LogP contribution in [0.1, 0.15) is 5.56 Å². The molecule has 2 aromatic rings. The Kier molecular flexibility index (Phi) is 6.51. The summed E-state index contributed by atoms with van der Waals surface area (Å²) in [6, 6.07) is 10.3. The van der Waals surface area contributed by atoms with E-state index in [-0.39, 0.29) is 11.4 Å². The first-order chi connectivity index (χ1) is 11.4. The number of halogens is 2. The zero-order valence-electron chi connectivity index (χ0n) is 13.2. The molecule has 2 aromatic carbocycles. The van der Waals surface area contributed by atoms with Crippen LogP contribution in [0.4, 0.5) is 0 Å². The minimum absolute atomic E-state index is 0.0938. The predicted molar refractivity (Wildman–Crippen MR) is 97.6 cm³/mol. The topological polar surface area (TPSA) is 64.6 Å². The van der Waals surface area contributed by atoms with Crippen molar-refractivity contribution in [2.45, 2.75) is 11.3 Å². The second kappa shape index (κ2) is 8.20. The molecule has 2 rings (SSSR count). The van der Waals surface area contributed by atoms with Gasteiger partial charge in [0.05, 0.1) is 14.2 Å². The van der Waals surface area contributed by atoms with Gasteiger partial charge in [0, 0.05) is 22.1 Å². The first-order valence-electron chi connectivity index (χ1n) is 7.03. The summed E-state index contributed by atoms with van der Waals surface area (Å²) < 4.78 is 38.3. The van der Waals surface area contributed by atoms with E-state index in [0.29, 0.717) is 27.4 Å². The molecule has 1 N–H and O–H groups in total. The van der Waals surface area contributed by atoms with E-state index >= 15 is 0 Å². The van der Waals surface area contributed by atoms with E-state index in [2.05, 4.69) is 20.7 Å². The fourth-order valence-electron chi connectivity index (χ4n) is 2.10. The molecule has 24 heavy (non-hydrogen) atoms. The molecule has 0 fully saturated rings. The van der Waals surface area contributed by atoms with Crippen molar-refractivity contribution in [3.63, 3.8) is 0 Å². The summed E-state index contributed by atoms with van der Waals surface area (Å²) in [6.45, 7) is 0.269. The van der Waals surface area contributed by atoms with Crippen LogP contribution >= 0.6 is 27.5 Å². The molecule has 0 saturated heterocycles. The summed E-state index contributed by atoms with van der Waals surface area (Å²) in [4.78, 5) is 0.0938. The average molecular weight is 435 g/mol. The third-order valence-corrected chi connectivity index (χ3v) is 6.02. The summed E-state index contributed by atoms with van der Waals surface area (Å²) in [5, 5.41) is 0.647. The molecule has 0 radical (unpaired) electrons. The zero-order chi connectivity index (χ0) is 17.7. The van der Waals surface area contributed by atoms with Crippen LogP contribution in [0.2, 0.25) is 5.02 Å². The monoisotopic (exact) mass is 433 g/mol. The summed E-state index contributed by atoms with van der Waals surface area (Å²) in [6.07, 6.45) is 0.557. The summed E-state index contributed by atoms with van der Waals surface area (Å²) in [5.41, 5.74) is 0.994. The van der Waals surface area contributed by atoms with Crippen LogP contribution in [-0.4, -0.2) is 29.2 Å². The lowest BCUT2D eigenvalue weighted by atomic mass is 10.2. The molecule has 8 heteroatoms. The van der Waals surface area contributed by atoms with Crippen molar-refractivity contribution in [2.75, 3.05) is 20.8 Å². The van der Waals surface area contributed by atoms with E-state index in [0.717, 1.165) is 5.56 Å². The number of sulfonamides is 1. The Bertz CT molecular complexity index is 810. The van der Waals surface area contributed by atoms with Crippen LogP contribution < -0.4 is 14.2 Å². The number of hydrogen-bond donors (Lipinski definition) is 1. The molecule has 0 aromatic heterocycles. The SMILES string of the molecule is COc1cc(Br)c(S(=O)(=O)NCCc2ccc(Cl)cc2)cc1OC. The smallest absolute Gasteiger partial charge is 0.241 e. The van der Waals surface area contributed by atoms with Crippen molar-refractivity contribution >= 4 is 37.6 Å². The zero-order valence-corrected chi connectivity index (χ0v) is 16.3. The molecular formula is C16H17BrClNO4S. The van der Waals surface area contributed by atoms with Crippen LogP contribution in [0.3, 0.4) is 0 Å². The quantitative estimate of drug-likeness (QED) is 0.722. The largest absolute Gasteiger partial charge is 0.493 e. The van der Waals surface area contributed by atoms with E-state index in [1.165, 1.54) is 20.3 Å². The molecule has 5 nitrogen and oxygen atoms in total. The third-order valence-electron chi connectivity index (χ3n) is 3.35. The highest BCUT2D eigenvalue weighted by atomic mass is 79.9. The summed E-state index contributed by atoms with van der Waals surface area (Å²) >= 11 is 9.09. The van der Waals surface area contributed by atoms with Crippen molar-refractivity contribution in [1.82, 2.24) is 4.72 Å². The number of ether oxygens (including phenoxy) is 2. The number of benzene rings is 2. The molecule has 130 valence electrons. The highest BCUT2D eigenvalue weighted by Crippen LogP contribution is 2.35. The van der Waals surface area contributed by atoms with Gasteiger partial charge in [-0.15, -0.1) is 0 Å². The average Bonchev–Trinajstić information content (AvgIpc) is 2.56. The maximum absolute atomic E-state index is 12.5. The van der Waals surface area contributed by atoms with Gasteiger partial charge < -0.3 is 9.47 Å². The maximum atomic E-state index is 12.5. The third kappa shape index (κ3) is 4.63. The Morgan fingerprint density at radius 2 is 1.67 bits per heavy atom. The number of hydrogen-bond acceptors (Lipinski definition) is 4. The lowest BCUT2D eigenvalue weighted by Crippen LogP contribution is -2.26. The Morgan fingerprint density at radius 3 is 2.25 bits per heavy atom. The fraction of sp³-hybridized carbons (Fsp3) is 0.250. The Hall–Kier alpha value is -1.28. The molecule has 0 unspecified atom stereocenters. The van der Waals surface area contributed by atoms with E-state index in [1.807, 2.05) is 12.1 Å². The number of rotatable bonds is 7. The van der Waals surface area contributed by atoms with E-state index < -0.39 is 10.0 Å². The maximum Gasteiger partial charge on any atom is 0.241 e. The fourth-order valence-corrected chi connectivity index (χ4v) is 4.29. The molecule has 0 saturated carbocycles.